The maximum atomic E-state index is 13.3. The number of likely N-dealkylation sites (tertiary alicyclic amines) is 1. The number of fused-ring (bicyclic) bond motifs is 1. The Morgan fingerprint density at radius 3 is 2.26 bits per heavy atom. The van der Waals surface area contributed by atoms with Gasteiger partial charge in [0.05, 0.1) is 5.54 Å². The Balaban J connectivity index is 0.000000258. The van der Waals surface area contributed by atoms with Crippen LogP contribution in [-0.2, 0) is 14.3 Å². The van der Waals surface area contributed by atoms with Gasteiger partial charge in [0, 0.05) is 22.9 Å². The van der Waals surface area contributed by atoms with Crippen molar-refractivity contribution in [3.8, 4) is 16.2 Å². The maximum absolute atomic E-state index is 13.3. The molecule has 2 aromatic carbocycles. The Hall–Kier alpha value is -4.58. The first kappa shape index (κ1) is 35.3. The van der Waals surface area contributed by atoms with E-state index in [4.69, 9.17) is 4.74 Å². The predicted octanol–water partition coefficient (Wildman–Crippen LogP) is 6.53. The molecule has 1 aromatic heterocycles. The zero-order valence-electron chi connectivity index (χ0n) is 27.7. The summed E-state index contributed by atoms with van der Waals surface area (Å²) in [6.07, 6.45) is 1.98. The molecule has 0 spiro atoms. The minimum absolute atomic E-state index is 0.270. The highest BCUT2D eigenvalue weighted by atomic mass is 32.1. The molecule has 2 aliphatic rings. The van der Waals surface area contributed by atoms with Crippen LogP contribution in [0.5, 0.6) is 5.75 Å². The summed E-state index contributed by atoms with van der Waals surface area (Å²) in [7, 11) is 0. The number of phenolic OH excluding ortho intramolecular Hbond substituents is 1. The van der Waals surface area contributed by atoms with Gasteiger partial charge in [0.2, 0.25) is 5.91 Å². The van der Waals surface area contributed by atoms with Gasteiger partial charge in [-0.2, -0.15) is 0 Å². The molecular formula is C35H44N4O7S. The number of rotatable bonds is 5. The van der Waals surface area contributed by atoms with Crippen molar-refractivity contribution in [2.45, 2.75) is 83.5 Å². The van der Waals surface area contributed by atoms with Crippen molar-refractivity contribution in [2.75, 3.05) is 6.54 Å². The largest absolute Gasteiger partial charge is 0.507 e. The van der Waals surface area contributed by atoms with Crippen LogP contribution in [-0.4, -0.2) is 73.4 Å². The molecule has 2 heterocycles. The number of benzene rings is 2. The van der Waals surface area contributed by atoms with Gasteiger partial charge in [-0.15, -0.1) is 17.9 Å². The molecule has 0 bridgehead atoms. The molecule has 1 saturated heterocycles. The monoisotopic (exact) mass is 664 g/mol. The minimum Gasteiger partial charge on any atom is -0.507 e. The lowest BCUT2D eigenvalue weighted by Crippen LogP contribution is -2.62. The summed E-state index contributed by atoms with van der Waals surface area (Å²) < 4.78 is 5.26. The Morgan fingerprint density at radius 2 is 1.72 bits per heavy atom. The van der Waals surface area contributed by atoms with E-state index in [-0.39, 0.29) is 12.3 Å². The average molecular weight is 665 g/mol. The van der Waals surface area contributed by atoms with E-state index in [2.05, 4.69) is 23.4 Å². The molecule has 4 amide bonds. The van der Waals surface area contributed by atoms with Gasteiger partial charge >= 0.3 is 18.1 Å². The second-order valence-corrected chi connectivity index (χ2v) is 14.7. The number of aliphatic carboxylic acids is 1. The number of amides is 4. The van der Waals surface area contributed by atoms with E-state index in [1.165, 1.54) is 11.0 Å². The highest BCUT2D eigenvalue weighted by Gasteiger charge is 2.61. The third-order valence-corrected chi connectivity index (χ3v) is 8.85. The standard InChI is InChI=1S/C21H34N4O6.C14H10OS/c1-8-13-12-21(13,16(27)28)22-15(26)14-10-9-11-24(14)18(30)25(19(2,3)4)23-17(29)31-20(5,6)7;15-13-9-11-5-2-1-4-10(11)8-12(13)14-6-3-7-16-14/h8,13-14H,1,9-12H2,2-7H3,(H,22,26)(H,23,29)(H,27,28);1-9,15H/t13?,14?,21-;/m1./s1. The topological polar surface area (TPSA) is 149 Å². The van der Waals surface area contributed by atoms with Crippen molar-refractivity contribution in [3.63, 3.8) is 0 Å². The fourth-order valence-electron chi connectivity index (χ4n) is 5.47. The van der Waals surface area contributed by atoms with E-state index in [1.807, 2.05) is 47.8 Å². The number of nitrogens with one attached hydrogen (secondary N) is 2. The summed E-state index contributed by atoms with van der Waals surface area (Å²) in [5.74, 6) is -1.64. The van der Waals surface area contributed by atoms with Crippen LogP contribution in [0.3, 0.4) is 0 Å². The number of hydrazine groups is 1. The minimum atomic E-state index is -1.37. The van der Waals surface area contributed by atoms with Crippen LogP contribution in [0, 0.1) is 5.92 Å². The molecule has 11 nitrogen and oxygen atoms in total. The van der Waals surface area contributed by atoms with Gasteiger partial charge in [0.25, 0.3) is 0 Å². The molecule has 2 unspecified atom stereocenters. The summed E-state index contributed by atoms with van der Waals surface area (Å²) in [4.78, 5) is 52.7. The molecule has 5 rings (SSSR count). The third-order valence-electron chi connectivity index (χ3n) is 7.94. The molecule has 1 aliphatic carbocycles. The van der Waals surface area contributed by atoms with Crippen molar-refractivity contribution < 1.29 is 34.1 Å². The third kappa shape index (κ3) is 8.23. The lowest BCUT2D eigenvalue weighted by molar-refractivity contribution is -0.144. The average Bonchev–Trinajstić information content (AvgIpc) is 3.32. The fraction of sp³-hybridized carbons (Fsp3) is 0.429. The number of hydrogen-bond acceptors (Lipinski definition) is 7. The van der Waals surface area contributed by atoms with Gasteiger partial charge in [-0.05, 0) is 95.2 Å². The molecule has 3 aromatic rings. The first-order chi connectivity index (χ1) is 22.0. The van der Waals surface area contributed by atoms with Gasteiger partial charge in [-0.25, -0.2) is 24.8 Å². The second kappa shape index (κ2) is 13.6. The fourth-order valence-corrected chi connectivity index (χ4v) is 6.22. The van der Waals surface area contributed by atoms with Crippen LogP contribution in [0.1, 0.15) is 60.8 Å². The van der Waals surface area contributed by atoms with Crippen molar-refractivity contribution >= 4 is 46.1 Å². The summed E-state index contributed by atoms with van der Waals surface area (Å²) in [5.41, 5.74) is 0.483. The zero-order chi connectivity index (χ0) is 34.7. The summed E-state index contributed by atoms with van der Waals surface area (Å²) >= 11 is 1.64. The van der Waals surface area contributed by atoms with Crippen LogP contribution >= 0.6 is 11.3 Å². The molecule has 1 saturated carbocycles. The van der Waals surface area contributed by atoms with Crippen molar-refractivity contribution in [1.82, 2.24) is 20.7 Å². The molecule has 0 radical (unpaired) electrons. The number of urea groups is 1. The normalized spacial score (nSPS) is 20.4. The van der Waals surface area contributed by atoms with Gasteiger partial charge in [-0.3, -0.25) is 4.79 Å². The lowest BCUT2D eigenvalue weighted by atomic mass is 10.1. The summed E-state index contributed by atoms with van der Waals surface area (Å²) in [6.45, 7) is 14.3. The molecule has 2 fully saturated rings. The smallest absolute Gasteiger partial charge is 0.426 e. The van der Waals surface area contributed by atoms with Gasteiger partial charge < -0.3 is 25.2 Å². The highest BCUT2D eigenvalue weighted by molar-refractivity contribution is 7.13. The van der Waals surface area contributed by atoms with Crippen LogP contribution in [0.25, 0.3) is 21.2 Å². The first-order valence-electron chi connectivity index (χ1n) is 15.5. The van der Waals surface area contributed by atoms with E-state index in [9.17, 15) is 29.4 Å². The zero-order valence-corrected chi connectivity index (χ0v) is 28.5. The SMILES string of the molecule is C=CC1C[C@]1(NC(=O)C1CCCN1C(=O)N(NC(=O)OC(C)(C)C)C(C)(C)C)C(=O)O.Oc1cc2ccccc2cc1-c1cccs1. The maximum Gasteiger partial charge on any atom is 0.426 e. The van der Waals surface area contributed by atoms with E-state index in [0.29, 0.717) is 25.1 Å². The van der Waals surface area contributed by atoms with Gasteiger partial charge in [0.15, 0.2) is 0 Å². The number of carbonyl (C=O) groups is 4. The molecule has 47 heavy (non-hydrogen) atoms. The number of thiophene rings is 1. The summed E-state index contributed by atoms with van der Waals surface area (Å²) in [6, 6.07) is 14.5. The number of ether oxygens (including phenoxy) is 1. The number of carboxylic acid groups (broad SMARTS) is 1. The van der Waals surface area contributed by atoms with Crippen molar-refractivity contribution in [2.24, 2.45) is 5.92 Å². The van der Waals surface area contributed by atoms with Crippen LogP contribution in [0.4, 0.5) is 9.59 Å². The van der Waals surface area contributed by atoms with E-state index in [0.717, 1.165) is 26.2 Å². The Bertz CT molecular complexity index is 1640. The van der Waals surface area contributed by atoms with Crippen LogP contribution in [0.2, 0.25) is 0 Å². The van der Waals surface area contributed by atoms with Crippen molar-refractivity contribution in [3.05, 3.63) is 66.6 Å². The number of phenols is 1. The number of nitrogens with zero attached hydrogens (tertiary/aromatic N) is 2. The highest BCUT2D eigenvalue weighted by Crippen LogP contribution is 2.45. The number of aromatic hydroxyl groups is 1. The Morgan fingerprint density at radius 1 is 1.06 bits per heavy atom. The Labute approximate surface area is 279 Å². The van der Waals surface area contributed by atoms with Crippen molar-refractivity contribution in [1.29, 1.82) is 0 Å². The van der Waals surface area contributed by atoms with Gasteiger partial charge in [-0.1, -0.05) is 36.4 Å². The molecule has 3 atom stereocenters. The molecule has 4 N–H and O–H groups in total. The number of hydrogen-bond donors (Lipinski definition) is 4. The first-order valence-corrected chi connectivity index (χ1v) is 16.4. The molecule has 1 aliphatic heterocycles. The molecule has 252 valence electrons. The molecular weight excluding hydrogens is 620 g/mol. The quantitative estimate of drug-likeness (QED) is 0.179. The van der Waals surface area contributed by atoms with Crippen LogP contribution < -0.4 is 10.7 Å². The summed E-state index contributed by atoms with van der Waals surface area (Å²) in [5, 5.41) is 27.5. The van der Waals surface area contributed by atoms with E-state index >= 15 is 0 Å². The van der Waals surface area contributed by atoms with Gasteiger partial charge in [0.1, 0.15) is 22.9 Å². The number of carboxylic acids is 1. The van der Waals surface area contributed by atoms with E-state index in [1.54, 1.807) is 52.9 Å². The lowest BCUT2D eigenvalue weighted by Gasteiger charge is -2.39. The predicted molar refractivity (Wildman–Crippen MR) is 182 cm³/mol. The number of carbonyl (C=O) groups excluding carboxylic acids is 3. The Kier molecular flexibility index (Phi) is 10.2. The van der Waals surface area contributed by atoms with Crippen LogP contribution in [0.15, 0.2) is 66.6 Å². The second-order valence-electron chi connectivity index (χ2n) is 13.8. The van der Waals surface area contributed by atoms with E-state index < -0.39 is 46.7 Å². The molecule has 12 heteroatoms.